The van der Waals surface area contributed by atoms with Gasteiger partial charge in [-0.25, -0.2) is 14.1 Å². The van der Waals surface area contributed by atoms with Crippen LogP contribution < -0.4 is 10.6 Å². The summed E-state index contributed by atoms with van der Waals surface area (Å²) >= 11 is 0. The molecule has 0 aliphatic carbocycles. The van der Waals surface area contributed by atoms with Crippen LogP contribution in [0, 0.1) is 5.82 Å². The normalized spacial score (nSPS) is 14.8. The number of benzene rings is 2. The van der Waals surface area contributed by atoms with E-state index in [0.717, 1.165) is 4.90 Å². The average Bonchev–Trinajstić information content (AvgIpc) is 3.29. The Morgan fingerprint density at radius 2 is 1.87 bits per heavy atom. The number of halogens is 1. The first-order valence-corrected chi connectivity index (χ1v) is 9.05. The minimum absolute atomic E-state index is 0.0207. The molecular formula is C22H16FN3O4. The molecule has 1 aliphatic heterocycles. The molecule has 8 heteroatoms. The van der Waals surface area contributed by atoms with Crippen LogP contribution in [0.1, 0.15) is 5.76 Å². The standard InChI is InChI=1S/C22H16FN3O4/c23-15-6-4-5-14(11-15)19-10-9-17(30-19)12-18-21(28)26(22(29)25-18)13-20(27)24-16-7-2-1-3-8-16/h1-12H,13H2,(H,24,27)(H,25,29). The zero-order valence-electron chi connectivity index (χ0n) is 15.6. The van der Waals surface area contributed by atoms with E-state index in [1.807, 2.05) is 0 Å². The maximum absolute atomic E-state index is 13.4. The van der Waals surface area contributed by atoms with E-state index in [-0.39, 0.29) is 5.70 Å². The number of para-hydroxylation sites is 1. The number of rotatable bonds is 5. The first kappa shape index (κ1) is 19.1. The maximum atomic E-state index is 13.4. The molecule has 0 saturated carbocycles. The largest absolute Gasteiger partial charge is 0.457 e. The molecule has 3 aromatic rings. The molecule has 2 N–H and O–H groups in total. The molecule has 1 aromatic heterocycles. The Morgan fingerprint density at radius 3 is 2.63 bits per heavy atom. The second kappa shape index (κ2) is 8.04. The number of anilines is 1. The molecule has 0 spiro atoms. The topological polar surface area (TPSA) is 91.7 Å². The lowest BCUT2D eigenvalue weighted by Crippen LogP contribution is -2.38. The highest BCUT2D eigenvalue weighted by atomic mass is 19.1. The van der Waals surface area contributed by atoms with Crippen molar-refractivity contribution in [2.45, 2.75) is 0 Å². The summed E-state index contributed by atoms with van der Waals surface area (Å²) in [6.45, 7) is -0.427. The van der Waals surface area contributed by atoms with Crippen LogP contribution >= 0.6 is 0 Å². The van der Waals surface area contributed by atoms with Gasteiger partial charge in [-0.15, -0.1) is 0 Å². The van der Waals surface area contributed by atoms with Crippen molar-refractivity contribution in [2.24, 2.45) is 0 Å². The summed E-state index contributed by atoms with van der Waals surface area (Å²) in [5.74, 6) is -0.832. The zero-order chi connectivity index (χ0) is 21.1. The average molecular weight is 405 g/mol. The quantitative estimate of drug-likeness (QED) is 0.501. The molecule has 150 valence electrons. The predicted octanol–water partition coefficient (Wildman–Crippen LogP) is 3.62. The fourth-order valence-electron chi connectivity index (χ4n) is 2.95. The van der Waals surface area contributed by atoms with E-state index in [1.165, 1.54) is 18.2 Å². The summed E-state index contributed by atoms with van der Waals surface area (Å²) < 4.78 is 19.0. The van der Waals surface area contributed by atoms with E-state index in [2.05, 4.69) is 10.6 Å². The third kappa shape index (κ3) is 4.12. The predicted molar refractivity (Wildman–Crippen MR) is 107 cm³/mol. The molecule has 1 saturated heterocycles. The SMILES string of the molecule is O=C(CN1C(=O)NC(=Cc2ccc(-c3cccc(F)c3)o2)C1=O)Nc1ccccc1. The lowest BCUT2D eigenvalue weighted by molar-refractivity contribution is -0.127. The highest BCUT2D eigenvalue weighted by Crippen LogP contribution is 2.24. The number of carbonyl (C=O) groups is 3. The van der Waals surface area contributed by atoms with Gasteiger partial charge in [0, 0.05) is 17.3 Å². The van der Waals surface area contributed by atoms with Crippen LogP contribution in [0.2, 0.25) is 0 Å². The van der Waals surface area contributed by atoms with E-state index in [9.17, 15) is 18.8 Å². The van der Waals surface area contributed by atoms with Crippen molar-refractivity contribution >= 4 is 29.6 Å². The fourth-order valence-corrected chi connectivity index (χ4v) is 2.95. The number of urea groups is 1. The van der Waals surface area contributed by atoms with Crippen LogP contribution in [-0.4, -0.2) is 29.3 Å². The Balaban J connectivity index is 1.46. The number of hydrogen-bond acceptors (Lipinski definition) is 4. The van der Waals surface area contributed by atoms with Crippen molar-refractivity contribution in [1.29, 1.82) is 0 Å². The highest BCUT2D eigenvalue weighted by molar-refractivity contribution is 6.15. The second-order valence-corrected chi connectivity index (χ2v) is 6.51. The van der Waals surface area contributed by atoms with Crippen LogP contribution in [0.25, 0.3) is 17.4 Å². The highest BCUT2D eigenvalue weighted by Gasteiger charge is 2.35. The molecule has 0 bridgehead atoms. The number of carbonyl (C=O) groups excluding carboxylic acids is 3. The Labute approximate surface area is 170 Å². The third-order valence-electron chi connectivity index (χ3n) is 4.34. The van der Waals surface area contributed by atoms with Crippen molar-refractivity contribution < 1.29 is 23.2 Å². The van der Waals surface area contributed by atoms with Crippen molar-refractivity contribution in [3.63, 3.8) is 0 Å². The van der Waals surface area contributed by atoms with E-state index in [0.29, 0.717) is 22.8 Å². The zero-order valence-corrected chi connectivity index (χ0v) is 15.6. The maximum Gasteiger partial charge on any atom is 0.329 e. The third-order valence-corrected chi connectivity index (χ3v) is 4.34. The number of nitrogens with zero attached hydrogens (tertiary/aromatic N) is 1. The molecule has 1 aliphatic rings. The fraction of sp³-hybridized carbons (Fsp3) is 0.0455. The van der Waals surface area contributed by atoms with Crippen LogP contribution in [0.5, 0.6) is 0 Å². The van der Waals surface area contributed by atoms with Gasteiger partial charge >= 0.3 is 6.03 Å². The molecule has 0 atom stereocenters. The van der Waals surface area contributed by atoms with Gasteiger partial charge in [-0.05, 0) is 36.4 Å². The van der Waals surface area contributed by atoms with Crippen molar-refractivity contribution in [3.8, 4) is 11.3 Å². The Bertz CT molecular complexity index is 1150. The van der Waals surface area contributed by atoms with Crippen molar-refractivity contribution in [2.75, 3.05) is 11.9 Å². The van der Waals surface area contributed by atoms with Crippen LogP contribution in [0.3, 0.4) is 0 Å². The van der Waals surface area contributed by atoms with Gasteiger partial charge < -0.3 is 15.1 Å². The molecule has 1 fully saturated rings. The molecule has 0 unspecified atom stereocenters. The summed E-state index contributed by atoms with van der Waals surface area (Å²) in [6, 6.07) is 17.1. The van der Waals surface area contributed by atoms with E-state index in [4.69, 9.17) is 4.42 Å². The van der Waals surface area contributed by atoms with Gasteiger partial charge in [0.15, 0.2) is 0 Å². The molecule has 4 amide bonds. The Hall–Kier alpha value is -4.20. The van der Waals surface area contributed by atoms with Gasteiger partial charge in [0.1, 0.15) is 29.6 Å². The molecule has 7 nitrogen and oxygen atoms in total. The van der Waals surface area contributed by atoms with Gasteiger partial charge in [0.25, 0.3) is 5.91 Å². The summed E-state index contributed by atoms with van der Waals surface area (Å²) in [5, 5.41) is 5.05. The van der Waals surface area contributed by atoms with Gasteiger partial charge in [-0.1, -0.05) is 30.3 Å². The Morgan fingerprint density at radius 1 is 1.07 bits per heavy atom. The van der Waals surface area contributed by atoms with Crippen LogP contribution in [0.15, 0.2) is 76.8 Å². The minimum atomic E-state index is -0.702. The van der Waals surface area contributed by atoms with Gasteiger partial charge in [0.2, 0.25) is 5.91 Å². The smallest absolute Gasteiger partial charge is 0.329 e. The minimum Gasteiger partial charge on any atom is -0.457 e. The summed E-state index contributed by atoms with van der Waals surface area (Å²) in [4.78, 5) is 37.6. The van der Waals surface area contributed by atoms with E-state index >= 15 is 0 Å². The number of imide groups is 1. The second-order valence-electron chi connectivity index (χ2n) is 6.51. The lowest BCUT2D eigenvalue weighted by atomic mass is 10.2. The van der Waals surface area contributed by atoms with Gasteiger partial charge in [-0.2, -0.15) is 0 Å². The van der Waals surface area contributed by atoms with Crippen LogP contribution in [0.4, 0.5) is 14.9 Å². The molecule has 0 radical (unpaired) electrons. The van der Waals surface area contributed by atoms with Gasteiger partial charge in [-0.3, -0.25) is 9.59 Å². The molecule has 2 heterocycles. The lowest BCUT2D eigenvalue weighted by Gasteiger charge is -2.11. The van der Waals surface area contributed by atoms with Crippen molar-refractivity contribution in [3.05, 3.63) is 84.0 Å². The van der Waals surface area contributed by atoms with E-state index < -0.39 is 30.2 Å². The molecular weight excluding hydrogens is 389 g/mol. The van der Waals surface area contributed by atoms with Crippen LogP contribution in [-0.2, 0) is 9.59 Å². The van der Waals surface area contributed by atoms with Crippen molar-refractivity contribution in [1.82, 2.24) is 10.2 Å². The van der Waals surface area contributed by atoms with Gasteiger partial charge in [0.05, 0.1) is 0 Å². The first-order valence-electron chi connectivity index (χ1n) is 9.05. The number of amides is 4. The summed E-state index contributed by atoms with van der Waals surface area (Å²) in [5.41, 5.74) is 1.08. The Kier molecular flexibility index (Phi) is 5.13. The van der Waals surface area contributed by atoms with E-state index in [1.54, 1.807) is 54.6 Å². The summed E-state index contributed by atoms with van der Waals surface area (Å²) in [6.07, 6.45) is 1.36. The number of nitrogens with one attached hydrogen (secondary N) is 2. The molecule has 4 rings (SSSR count). The number of furan rings is 1. The monoisotopic (exact) mass is 405 g/mol. The molecule has 2 aromatic carbocycles. The first-order chi connectivity index (χ1) is 14.5. The molecule has 30 heavy (non-hydrogen) atoms. The number of hydrogen-bond donors (Lipinski definition) is 2. The summed E-state index contributed by atoms with van der Waals surface area (Å²) in [7, 11) is 0.